The Morgan fingerprint density at radius 3 is 2.46 bits per heavy atom. The Balaban J connectivity index is 1.53. The van der Waals surface area contributed by atoms with Crippen molar-refractivity contribution in [3.63, 3.8) is 0 Å². The van der Waals surface area contributed by atoms with Gasteiger partial charge >= 0.3 is 5.88 Å². The zero-order valence-corrected chi connectivity index (χ0v) is 23.1. The van der Waals surface area contributed by atoms with Gasteiger partial charge in [0.15, 0.2) is 5.76 Å². The summed E-state index contributed by atoms with van der Waals surface area (Å²) in [5.41, 5.74) is 1.71. The van der Waals surface area contributed by atoms with E-state index in [0.717, 1.165) is 0 Å². The lowest BCUT2D eigenvalue weighted by Crippen LogP contribution is -2.40. The lowest BCUT2D eigenvalue weighted by molar-refractivity contribution is -0.402. The van der Waals surface area contributed by atoms with E-state index in [1.807, 2.05) is 0 Å². The van der Waals surface area contributed by atoms with Crippen molar-refractivity contribution in [2.45, 2.75) is 4.90 Å². The second-order valence-corrected chi connectivity index (χ2v) is 11.8. The van der Waals surface area contributed by atoms with Gasteiger partial charge in [-0.15, -0.1) is 11.3 Å². The van der Waals surface area contributed by atoms with Crippen molar-refractivity contribution >= 4 is 62.3 Å². The van der Waals surface area contributed by atoms with Crippen molar-refractivity contribution in [1.82, 2.24) is 8.98 Å². The number of hydrogen-bond donors (Lipinski definition) is 0. The SMILES string of the molecule is O=[N+]([O-])c1ccc(C=Nn2c(-c3ccc(Cl)cc3Cl)csc2=Nc2ccc(S(=O)(=O)N3CCOCC3)cc2)o1. The Morgan fingerprint density at radius 1 is 1.05 bits per heavy atom. The molecule has 0 spiro atoms. The van der Waals surface area contributed by atoms with Crippen LogP contribution in [0.15, 0.2) is 79.4 Å². The van der Waals surface area contributed by atoms with E-state index in [-0.39, 0.29) is 10.7 Å². The predicted octanol–water partition coefficient (Wildman–Crippen LogP) is 5.16. The molecule has 202 valence electrons. The number of benzene rings is 2. The molecule has 2 aromatic heterocycles. The van der Waals surface area contributed by atoms with Gasteiger partial charge < -0.3 is 9.15 Å². The van der Waals surface area contributed by atoms with Crippen LogP contribution in [0.5, 0.6) is 0 Å². The minimum absolute atomic E-state index is 0.161. The number of rotatable bonds is 7. The van der Waals surface area contributed by atoms with Crippen LogP contribution >= 0.6 is 34.5 Å². The highest BCUT2D eigenvalue weighted by atomic mass is 35.5. The number of thiazole rings is 1. The van der Waals surface area contributed by atoms with Gasteiger partial charge in [0.1, 0.15) is 4.92 Å². The summed E-state index contributed by atoms with van der Waals surface area (Å²) in [7, 11) is -3.64. The second-order valence-electron chi connectivity index (χ2n) is 8.14. The molecule has 0 saturated carbocycles. The molecule has 11 nitrogen and oxygen atoms in total. The van der Waals surface area contributed by atoms with E-state index >= 15 is 0 Å². The molecule has 1 fully saturated rings. The van der Waals surface area contributed by atoms with E-state index in [1.54, 1.807) is 35.7 Å². The van der Waals surface area contributed by atoms with Gasteiger partial charge in [0.25, 0.3) is 0 Å². The number of hydrogen-bond acceptors (Lipinski definition) is 9. The Bertz CT molecular complexity index is 1720. The monoisotopic (exact) mass is 607 g/mol. The van der Waals surface area contributed by atoms with E-state index < -0.39 is 20.8 Å². The molecule has 3 heterocycles. The standard InChI is InChI=1S/C24H19Cl2N5O6S2/c25-16-1-7-20(21(26)13-16)22-15-38-24(30(22)27-14-18-4-8-23(37-18)31(32)33)28-17-2-5-19(6-3-17)39(34,35)29-9-11-36-12-10-29/h1-8,13-15H,9-12H2. The first-order chi connectivity index (χ1) is 18.7. The van der Waals surface area contributed by atoms with E-state index in [1.165, 1.54) is 50.8 Å². The van der Waals surface area contributed by atoms with E-state index in [4.69, 9.17) is 32.4 Å². The van der Waals surface area contributed by atoms with Crippen LogP contribution in [-0.2, 0) is 14.8 Å². The summed E-state index contributed by atoms with van der Waals surface area (Å²) in [5, 5.41) is 18.1. The minimum atomic E-state index is -3.64. The Labute approximate surface area is 236 Å². The summed E-state index contributed by atoms with van der Waals surface area (Å²) >= 11 is 13.8. The van der Waals surface area contributed by atoms with Crippen LogP contribution < -0.4 is 4.80 Å². The quantitative estimate of drug-likeness (QED) is 0.162. The number of morpholine rings is 1. The molecule has 0 atom stereocenters. The zero-order valence-electron chi connectivity index (χ0n) is 19.9. The maximum absolute atomic E-state index is 12.9. The van der Waals surface area contributed by atoms with Crippen molar-refractivity contribution in [3.8, 4) is 11.3 Å². The first-order valence-electron chi connectivity index (χ1n) is 11.4. The minimum Gasteiger partial charge on any atom is -0.400 e. The number of halogens is 2. The molecular formula is C24H19Cl2N5O6S2. The van der Waals surface area contributed by atoms with Crippen LogP contribution in [0.3, 0.4) is 0 Å². The summed E-state index contributed by atoms with van der Waals surface area (Å²) in [6.45, 7) is 1.32. The van der Waals surface area contributed by atoms with Crippen LogP contribution in [0.2, 0.25) is 10.0 Å². The highest BCUT2D eigenvalue weighted by Gasteiger charge is 2.26. The van der Waals surface area contributed by atoms with E-state index in [0.29, 0.717) is 58.1 Å². The third kappa shape index (κ3) is 5.98. The van der Waals surface area contributed by atoms with Gasteiger partial charge in [0.2, 0.25) is 14.8 Å². The Kier molecular flexibility index (Phi) is 7.98. The molecule has 1 aliphatic rings. The molecule has 0 radical (unpaired) electrons. The molecule has 15 heteroatoms. The number of nitrogens with zero attached hydrogens (tertiary/aromatic N) is 5. The summed E-state index contributed by atoms with van der Waals surface area (Å²) < 4.78 is 39.2. The summed E-state index contributed by atoms with van der Waals surface area (Å²) in [5.74, 6) is -0.248. The van der Waals surface area contributed by atoms with Crippen LogP contribution in [-0.4, -0.2) is 54.8 Å². The second kappa shape index (κ2) is 11.4. The van der Waals surface area contributed by atoms with Gasteiger partial charge in [-0.1, -0.05) is 23.2 Å². The fraction of sp³-hybridized carbons (Fsp3) is 0.167. The molecule has 0 aliphatic carbocycles. The topological polar surface area (TPSA) is 133 Å². The third-order valence-corrected chi connectivity index (χ3v) is 8.93. The number of aromatic nitrogens is 1. The molecule has 0 N–H and O–H groups in total. The van der Waals surface area contributed by atoms with Crippen molar-refractivity contribution in [3.05, 3.63) is 90.7 Å². The third-order valence-electron chi connectivity index (χ3n) is 5.65. The first kappa shape index (κ1) is 27.2. The normalized spacial score (nSPS) is 15.3. The first-order valence-corrected chi connectivity index (χ1v) is 14.5. The van der Waals surface area contributed by atoms with Crippen molar-refractivity contribution < 1.29 is 22.5 Å². The number of ether oxygens (including phenoxy) is 1. The highest BCUT2D eigenvalue weighted by molar-refractivity contribution is 7.89. The highest BCUT2D eigenvalue weighted by Crippen LogP contribution is 2.31. The lowest BCUT2D eigenvalue weighted by Gasteiger charge is -2.26. The molecule has 0 bridgehead atoms. The van der Waals surface area contributed by atoms with Gasteiger partial charge in [0, 0.05) is 29.1 Å². The Morgan fingerprint density at radius 2 is 1.79 bits per heavy atom. The number of furan rings is 1. The molecule has 39 heavy (non-hydrogen) atoms. The maximum Gasteiger partial charge on any atom is 0.433 e. The largest absolute Gasteiger partial charge is 0.433 e. The van der Waals surface area contributed by atoms with Gasteiger partial charge in [-0.3, -0.25) is 10.1 Å². The summed E-state index contributed by atoms with van der Waals surface area (Å²) in [6.07, 6.45) is 1.32. The molecule has 1 aliphatic heterocycles. The smallest absolute Gasteiger partial charge is 0.400 e. The van der Waals surface area contributed by atoms with Crippen LogP contribution in [0.1, 0.15) is 5.76 Å². The molecule has 0 amide bonds. The van der Waals surface area contributed by atoms with Crippen LogP contribution in [0.25, 0.3) is 11.3 Å². The number of nitro groups is 1. The molecular weight excluding hydrogens is 589 g/mol. The van der Waals surface area contributed by atoms with Crippen LogP contribution in [0, 0.1) is 10.1 Å². The van der Waals surface area contributed by atoms with Gasteiger partial charge in [-0.2, -0.15) is 9.41 Å². The average molecular weight is 608 g/mol. The van der Waals surface area contributed by atoms with Crippen molar-refractivity contribution in [2.24, 2.45) is 10.1 Å². The maximum atomic E-state index is 12.9. The molecule has 2 aromatic carbocycles. The van der Waals surface area contributed by atoms with Crippen LogP contribution in [0.4, 0.5) is 11.6 Å². The summed E-state index contributed by atoms with van der Waals surface area (Å²) in [4.78, 5) is 15.6. The summed E-state index contributed by atoms with van der Waals surface area (Å²) in [6, 6.07) is 13.9. The van der Waals surface area contributed by atoms with E-state index in [2.05, 4.69) is 10.1 Å². The molecule has 1 saturated heterocycles. The van der Waals surface area contributed by atoms with Gasteiger partial charge in [-0.05, 0) is 48.5 Å². The van der Waals surface area contributed by atoms with Crippen molar-refractivity contribution in [2.75, 3.05) is 26.3 Å². The van der Waals surface area contributed by atoms with E-state index in [9.17, 15) is 18.5 Å². The van der Waals surface area contributed by atoms with Gasteiger partial charge in [0.05, 0.1) is 46.8 Å². The fourth-order valence-electron chi connectivity index (χ4n) is 3.73. The predicted molar refractivity (Wildman–Crippen MR) is 147 cm³/mol. The fourth-order valence-corrected chi connectivity index (χ4v) is 6.50. The zero-order chi connectivity index (χ0) is 27.6. The van der Waals surface area contributed by atoms with Crippen molar-refractivity contribution in [1.29, 1.82) is 0 Å². The molecule has 4 aromatic rings. The molecule has 0 unspecified atom stereocenters. The Hall–Kier alpha value is -3.33. The van der Waals surface area contributed by atoms with Gasteiger partial charge in [-0.25, -0.2) is 18.1 Å². The average Bonchev–Trinajstić information content (AvgIpc) is 3.56. The lowest BCUT2D eigenvalue weighted by atomic mass is 10.2. The molecule has 5 rings (SSSR count). The number of sulfonamides is 1.